The zero-order valence-electron chi connectivity index (χ0n) is 12.5. The SMILES string of the molecule is C=CCC1(CC=C)C(=O)OC(=C)N(C2CCCCC2)C1=O. The molecule has 0 atom stereocenters. The van der Waals surface area contributed by atoms with Crippen molar-refractivity contribution < 1.29 is 14.3 Å². The molecule has 0 aromatic heterocycles. The van der Waals surface area contributed by atoms with Gasteiger partial charge in [-0.05, 0) is 32.3 Å². The average molecular weight is 289 g/mol. The molecule has 114 valence electrons. The van der Waals surface area contributed by atoms with Crippen LogP contribution in [0.25, 0.3) is 0 Å². The van der Waals surface area contributed by atoms with Gasteiger partial charge in [-0.2, -0.15) is 0 Å². The number of hydrogen-bond donors (Lipinski definition) is 0. The first kappa shape index (κ1) is 15.5. The van der Waals surface area contributed by atoms with Crippen LogP contribution < -0.4 is 0 Å². The number of ether oxygens (including phenoxy) is 1. The van der Waals surface area contributed by atoms with Gasteiger partial charge < -0.3 is 4.74 Å². The Kier molecular flexibility index (Phi) is 4.66. The Balaban J connectivity index is 2.35. The van der Waals surface area contributed by atoms with Crippen LogP contribution in [-0.2, 0) is 14.3 Å². The van der Waals surface area contributed by atoms with Crippen LogP contribution in [-0.4, -0.2) is 22.8 Å². The standard InChI is InChI=1S/C17H23NO3/c1-4-11-17(12-5-2)15(19)18(13(3)21-16(17)20)14-9-7-6-8-10-14/h4-5,14H,1-3,6-12H2. The van der Waals surface area contributed by atoms with E-state index in [2.05, 4.69) is 19.7 Å². The summed E-state index contributed by atoms with van der Waals surface area (Å²) in [5, 5.41) is 0. The molecule has 1 saturated heterocycles. The summed E-state index contributed by atoms with van der Waals surface area (Å²) in [4.78, 5) is 26.9. The number of amides is 1. The molecule has 0 N–H and O–H groups in total. The third-order valence-electron chi connectivity index (χ3n) is 4.42. The summed E-state index contributed by atoms with van der Waals surface area (Å²) in [7, 11) is 0. The van der Waals surface area contributed by atoms with E-state index in [1.165, 1.54) is 6.42 Å². The van der Waals surface area contributed by atoms with Gasteiger partial charge in [-0.3, -0.25) is 14.5 Å². The molecular formula is C17H23NO3. The van der Waals surface area contributed by atoms with Crippen molar-refractivity contribution in [3.05, 3.63) is 37.8 Å². The first-order valence-corrected chi connectivity index (χ1v) is 7.53. The Labute approximate surface area is 126 Å². The van der Waals surface area contributed by atoms with Crippen molar-refractivity contribution in [3.8, 4) is 0 Å². The van der Waals surface area contributed by atoms with Gasteiger partial charge in [-0.25, -0.2) is 0 Å². The molecule has 0 aromatic carbocycles. The minimum absolute atomic E-state index is 0.0841. The van der Waals surface area contributed by atoms with E-state index >= 15 is 0 Å². The number of cyclic esters (lactones) is 1. The molecule has 2 rings (SSSR count). The van der Waals surface area contributed by atoms with Crippen molar-refractivity contribution in [2.45, 2.75) is 51.0 Å². The summed E-state index contributed by atoms with van der Waals surface area (Å²) in [6, 6.07) is 0.0841. The van der Waals surface area contributed by atoms with Crippen LogP contribution in [0, 0.1) is 5.41 Å². The van der Waals surface area contributed by atoms with Crippen LogP contribution in [0.1, 0.15) is 44.9 Å². The smallest absolute Gasteiger partial charge is 0.328 e. The fourth-order valence-electron chi connectivity index (χ4n) is 3.31. The molecule has 1 heterocycles. The maximum absolute atomic E-state index is 13.0. The van der Waals surface area contributed by atoms with E-state index in [1.54, 1.807) is 17.1 Å². The van der Waals surface area contributed by atoms with Crippen molar-refractivity contribution >= 4 is 11.9 Å². The van der Waals surface area contributed by atoms with Crippen LogP contribution in [0.15, 0.2) is 37.8 Å². The van der Waals surface area contributed by atoms with Crippen LogP contribution in [0.5, 0.6) is 0 Å². The highest BCUT2D eigenvalue weighted by Gasteiger charge is 2.53. The van der Waals surface area contributed by atoms with Crippen LogP contribution in [0.4, 0.5) is 0 Å². The second-order valence-corrected chi connectivity index (χ2v) is 5.82. The van der Waals surface area contributed by atoms with Gasteiger partial charge >= 0.3 is 5.97 Å². The first-order valence-electron chi connectivity index (χ1n) is 7.53. The van der Waals surface area contributed by atoms with Gasteiger partial charge in [0.1, 0.15) is 0 Å². The largest absolute Gasteiger partial charge is 0.409 e. The van der Waals surface area contributed by atoms with Crippen molar-refractivity contribution in [1.82, 2.24) is 4.90 Å². The quantitative estimate of drug-likeness (QED) is 0.443. The van der Waals surface area contributed by atoms with E-state index in [1.807, 2.05) is 0 Å². The Morgan fingerprint density at radius 2 is 1.71 bits per heavy atom. The fourth-order valence-corrected chi connectivity index (χ4v) is 3.31. The number of carbonyl (C=O) groups is 2. The molecular weight excluding hydrogens is 266 g/mol. The van der Waals surface area contributed by atoms with E-state index in [-0.39, 0.29) is 30.7 Å². The van der Waals surface area contributed by atoms with Crippen LogP contribution >= 0.6 is 0 Å². The zero-order valence-corrected chi connectivity index (χ0v) is 12.5. The Morgan fingerprint density at radius 1 is 1.14 bits per heavy atom. The van der Waals surface area contributed by atoms with Gasteiger partial charge in [0.05, 0.1) is 0 Å². The second kappa shape index (κ2) is 6.29. The molecule has 0 bridgehead atoms. The van der Waals surface area contributed by atoms with Gasteiger partial charge in [0.25, 0.3) is 0 Å². The van der Waals surface area contributed by atoms with Gasteiger partial charge in [0, 0.05) is 6.04 Å². The molecule has 0 unspecified atom stereocenters. The van der Waals surface area contributed by atoms with E-state index in [0.717, 1.165) is 25.7 Å². The summed E-state index contributed by atoms with van der Waals surface area (Å²) >= 11 is 0. The molecule has 1 aliphatic heterocycles. The maximum Gasteiger partial charge on any atom is 0.328 e. The minimum Gasteiger partial charge on any atom is -0.409 e. The lowest BCUT2D eigenvalue weighted by atomic mass is 9.77. The van der Waals surface area contributed by atoms with Crippen molar-refractivity contribution in [3.63, 3.8) is 0 Å². The third kappa shape index (κ3) is 2.67. The average Bonchev–Trinajstić information content (AvgIpc) is 2.46. The molecule has 1 amide bonds. The molecule has 0 spiro atoms. The molecule has 2 fully saturated rings. The van der Waals surface area contributed by atoms with Gasteiger partial charge in [-0.1, -0.05) is 31.4 Å². The highest BCUT2D eigenvalue weighted by Crippen LogP contribution is 2.40. The fraction of sp³-hybridized carbons (Fsp3) is 0.529. The number of rotatable bonds is 5. The lowest BCUT2D eigenvalue weighted by molar-refractivity contribution is -0.176. The molecule has 21 heavy (non-hydrogen) atoms. The highest BCUT2D eigenvalue weighted by molar-refractivity contribution is 6.06. The molecule has 4 heteroatoms. The Bertz CT molecular complexity index is 464. The number of allylic oxidation sites excluding steroid dienone is 2. The summed E-state index contributed by atoms with van der Waals surface area (Å²) < 4.78 is 5.32. The van der Waals surface area contributed by atoms with Crippen LogP contribution in [0.3, 0.4) is 0 Å². The summed E-state index contributed by atoms with van der Waals surface area (Å²) in [6.45, 7) is 11.1. The van der Waals surface area contributed by atoms with E-state index in [0.29, 0.717) is 0 Å². The number of esters is 1. The van der Waals surface area contributed by atoms with Crippen LogP contribution in [0.2, 0.25) is 0 Å². The van der Waals surface area contributed by atoms with E-state index in [4.69, 9.17) is 4.74 Å². The van der Waals surface area contributed by atoms with Gasteiger partial charge in [-0.15, -0.1) is 13.2 Å². The second-order valence-electron chi connectivity index (χ2n) is 5.82. The molecule has 1 saturated carbocycles. The molecule has 2 aliphatic rings. The summed E-state index contributed by atoms with van der Waals surface area (Å²) in [6.07, 6.45) is 8.93. The summed E-state index contributed by atoms with van der Waals surface area (Å²) in [5.41, 5.74) is -1.22. The molecule has 1 aliphatic carbocycles. The zero-order chi connectivity index (χ0) is 15.5. The summed E-state index contributed by atoms with van der Waals surface area (Å²) in [5.74, 6) is -0.583. The lowest BCUT2D eigenvalue weighted by Crippen LogP contribution is -2.57. The maximum atomic E-state index is 13.0. The number of hydrogen-bond acceptors (Lipinski definition) is 3. The molecule has 0 radical (unpaired) electrons. The van der Waals surface area contributed by atoms with Crippen molar-refractivity contribution in [1.29, 1.82) is 0 Å². The van der Waals surface area contributed by atoms with Gasteiger partial charge in [0.15, 0.2) is 11.3 Å². The van der Waals surface area contributed by atoms with E-state index < -0.39 is 11.4 Å². The van der Waals surface area contributed by atoms with Gasteiger partial charge in [0.2, 0.25) is 5.91 Å². The van der Waals surface area contributed by atoms with E-state index in [9.17, 15) is 9.59 Å². The monoisotopic (exact) mass is 289 g/mol. The predicted octanol–water partition coefficient (Wildman–Crippen LogP) is 3.31. The number of carbonyl (C=O) groups excluding carboxylic acids is 2. The molecule has 0 aromatic rings. The normalized spacial score (nSPS) is 22.9. The Hall–Kier alpha value is -1.84. The lowest BCUT2D eigenvalue weighted by Gasteiger charge is -2.44. The first-order chi connectivity index (χ1) is 10.1. The minimum atomic E-state index is -1.22. The van der Waals surface area contributed by atoms with Crippen molar-refractivity contribution in [2.75, 3.05) is 0 Å². The number of nitrogens with zero attached hydrogens (tertiary/aromatic N) is 1. The molecule has 4 nitrogen and oxygen atoms in total. The van der Waals surface area contributed by atoms with Crippen molar-refractivity contribution in [2.24, 2.45) is 5.41 Å². The predicted molar refractivity (Wildman–Crippen MR) is 81.0 cm³/mol. The highest BCUT2D eigenvalue weighted by atomic mass is 16.6. The third-order valence-corrected chi connectivity index (χ3v) is 4.42. The Morgan fingerprint density at radius 3 is 2.24 bits per heavy atom. The topological polar surface area (TPSA) is 46.6 Å².